The summed E-state index contributed by atoms with van der Waals surface area (Å²) in [5, 5.41) is 16.5. The molecule has 0 atom stereocenters. The maximum absolute atomic E-state index is 12.9. The Labute approximate surface area is 179 Å². The molecular formula is C20H21N7O3S. The van der Waals surface area contributed by atoms with Gasteiger partial charge in [-0.05, 0) is 57.2 Å². The molecule has 4 aromatic rings. The van der Waals surface area contributed by atoms with Gasteiger partial charge >= 0.3 is 0 Å². The third kappa shape index (κ3) is 4.26. The van der Waals surface area contributed by atoms with Crippen LogP contribution >= 0.6 is 0 Å². The van der Waals surface area contributed by atoms with Gasteiger partial charge < -0.3 is 4.74 Å². The van der Waals surface area contributed by atoms with E-state index in [0.717, 1.165) is 0 Å². The number of anilines is 1. The molecule has 11 heteroatoms. The van der Waals surface area contributed by atoms with Crippen molar-refractivity contribution in [3.05, 3.63) is 66.2 Å². The molecule has 31 heavy (non-hydrogen) atoms. The highest BCUT2D eigenvalue weighted by atomic mass is 32.2. The van der Waals surface area contributed by atoms with E-state index in [9.17, 15) is 8.42 Å². The highest BCUT2D eigenvalue weighted by Crippen LogP contribution is 2.25. The minimum absolute atomic E-state index is 0.197. The number of aryl methyl sites for hydroxylation is 2. The number of rotatable bonds is 7. The van der Waals surface area contributed by atoms with Gasteiger partial charge in [-0.15, -0.1) is 10.2 Å². The van der Waals surface area contributed by atoms with Gasteiger partial charge in [0.1, 0.15) is 10.6 Å². The van der Waals surface area contributed by atoms with Gasteiger partial charge in [0.05, 0.1) is 11.4 Å². The van der Waals surface area contributed by atoms with Crippen LogP contribution in [-0.4, -0.2) is 38.2 Å². The maximum Gasteiger partial charge on any atom is 0.265 e. The van der Waals surface area contributed by atoms with Gasteiger partial charge in [-0.1, -0.05) is 0 Å². The van der Waals surface area contributed by atoms with Crippen LogP contribution in [0.15, 0.2) is 59.8 Å². The molecule has 4 rings (SSSR count). The Bertz CT molecular complexity index is 1280. The molecule has 0 aliphatic carbocycles. The second kappa shape index (κ2) is 8.19. The summed E-state index contributed by atoms with van der Waals surface area (Å²) >= 11 is 0. The molecule has 10 nitrogen and oxygen atoms in total. The zero-order valence-corrected chi connectivity index (χ0v) is 18.0. The van der Waals surface area contributed by atoms with E-state index < -0.39 is 10.0 Å². The molecular weight excluding hydrogens is 418 g/mol. The van der Waals surface area contributed by atoms with Crippen LogP contribution < -0.4 is 9.46 Å². The second-order valence-electron chi connectivity index (χ2n) is 6.73. The molecule has 0 saturated heterocycles. The van der Waals surface area contributed by atoms with Crippen molar-refractivity contribution < 1.29 is 13.2 Å². The van der Waals surface area contributed by atoms with Gasteiger partial charge in [0.2, 0.25) is 5.88 Å². The van der Waals surface area contributed by atoms with Crippen LogP contribution in [0.1, 0.15) is 18.3 Å². The summed E-state index contributed by atoms with van der Waals surface area (Å²) in [5.74, 6) is 1.37. The zero-order valence-electron chi connectivity index (χ0n) is 17.2. The lowest BCUT2D eigenvalue weighted by molar-refractivity contribution is 0.454. The Hall–Kier alpha value is -3.73. The van der Waals surface area contributed by atoms with Gasteiger partial charge in [0, 0.05) is 30.7 Å². The SMILES string of the molecule is CCn1nc(C)c(S(=O)(=O)Nc2ccc(Oc3ccc(-n4cccn4)nn3)cc2)c1C. The minimum atomic E-state index is -3.77. The quantitative estimate of drug-likeness (QED) is 0.470. The lowest BCUT2D eigenvalue weighted by Gasteiger charge is -2.10. The largest absolute Gasteiger partial charge is 0.438 e. The van der Waals surface area contributed by atoms with Crippen molar-refractivity contribution in [2.45, 2.75) is 32.2 Å². The molecule has 0 fully saturated rings. The van der Waals surface area contributed by atoms with E-state index >= 15 is 0 Å². The average molecular weight is 440 g/mol. The first kappa shape index (κ1) is 20.5. The fourth-order valence-electron chi connectivity index (χ4n) is 3.19. The number of ether oxygens (including phenoxy) is 1. The van der Waals surface area contributed by atoms with Crippen molar-refractivity contribution >= 4 is 15.7 Å². The first-order valence-electron chi connectivity index (χ1n) is 9.56. The third-order valence-electron chi connectivity index (χ3n) is 4.58. The van der Waals surface area contributed by atoms with Crippen molar-refractivity contribution in [3.8, 4) is 17.4 Å². The van der Waals surface area contributed by atoms with Crippen LogP contribution in [-0.2, 0) is 16.6 Å². The number of benzene rings is 1. The molecule has 0 bridgehead atoms. The number of hydrogen-bond acceptors (Lipinski definition) is 7. The van der Waals surface area contributed by atoms with Crippen LogP contribution in [0.3, 0.4) is 0 Å². The van der Waals surface area contributed by atoms with Crippen LogP contribution in [0.25, 0.3) is 5.82 Å². The van der Waals surface area contributed by atoms with Gasteiger partial charge in [-0.3, -0.25) is 9.40 Å². The Morgan fingerprint density at radius 2 is 1.84 bits per heavy atom. The molecule has 0 aliphatic heterocycles. The molecule has 1 N–H and O–H groups in total. The Morgan fingerprint density at radius 1 is 1.06 bits per heavy atom. The summed E-state index contributed by atoms with van der Waals surface area (Å²) < 4.78 is 37.2. The fourth-order valence-corrected chi connectivity index (χ4v) is 4.66. The van der Waals surface area contributed by atoms with Crippen LogP contribution in [0, 0.1) is 13.8 Å². The van der Waals surface area contributed by atoms with Gasteiger partial charge in [0.25, 0.3) is 10.0 Å². The first-order chi connectivity index (χ1) is 14.9. The summed E-state index contributed by atoms with van der Waals surface area (Å²) in [5.41, 5.74) is 1.48. The van der Waals surface area contributed by atoms with Crippen LogP contribution in [0.2, 0.25) is 0 Å². The van der Waals surface area contributed by atoms with Crippen molar-refractivity contribution in [3.63, 3.8) is 0 Å². The third-order valence-corrected chi connectivity index (χ3v) is 6.21. The molecule has 3 heterocycles. The molecule has 0 unspecified atom stereocenters. The monoisotopic (exact) mass is 439 g/mol. The van der Waals surface area contributed by atoms with Crippen LogP contribution in [0.5, 0.6) is 11.6 Å². The lowest BCUT2D eigenvalue weighted by Crippen LogP contribution is -2.15. The van der Waals surface area contributed by atoms with Crippen molar-refractivity contribution in [1.29, 1.82) is 0 Å². The average Bonchev–Trinajstić information content (AvgIpc) is 3.38. The summed E-state index contributed by atoms with van der Waals surface area (Å²) in [6.45, 7) is 5.94. The number of sulfonamides is 1. The summed E-state index contributed by atoms with van der Waals surface area (Å²) in [7, 11) is -3.77. The van der Waals surface area contributed by atoms with Gasteiger partial charge in [-0.2, -0.15) is 10.2 Å². The number of nitrogens with zero attached hydrogens (tertiary/aromatic N) is 6. The molecule has 0 amide bonds. The van der Waals surface area contributed by atoms with E-state index in [-0.39, 0.29) is 4.90 Å². The normalized spacial score (nSPS) is 11.5. The Balaban J connectivity index is 1.46. The fraction of sp³-hybridized carbons (Fsp3) is 0.200. The van der Waals surface area contributed by atoms with Crippen molar-refractivity contribution in [2.75, 3.05) is 4.72 Å². The van der Waals surface area contributed by atoms with Crippen molar-refractivity contribution in [1.82, 2.24) is 29.8 Å². The molecule has 0 radical (unpaired) electrons. The predicted octanol–water partition coefficient (Wildman–Crippen LogP) is 3.09. The minimum Gasteiger partial charge on any atom is -0.438 e. The van der Waals surface area contributed by atoms with Gasteiger partial charge in [-0.25, -0.2) is 13.1 Å². The Morgan fingerprint density at radius 3 is 2.42 bits per heavy atom. The highest BCUT2D eigenvalue weighted by molar-refractivity contribution is 7.92. The second-order valence-corrected chi connectivity index (χ2v) is 8.35. The molecule has 0 spiro atoms. The number of aromatic nitrogens is 6. The molecule has 0 aliphatic rings. The number of hydrogen-bond donors (Lipinski definition) is 1. The van der Waals surface area contributed by atoms with Crippen molar-refractivity contribution in [2.24, 2.45) is 0 Å². The smallest absolute Gasteiger partial charge is 0.265 e. The van der Waals surface area contributed by atoms with E-state index in [1.807, 2.05) is 6.92 Å². The highest BCUT2D eigenvalue weighted by Gasteiger charge is 2.24. The lowest BCUT2D eigenvalue weighted by atomic mass is 10.3. The standard InChI is InChI=1S/C20H21N7O3S/c1-4-26-15(3)20(14(2)24-26)31(28,29)25-16-6-8-17(9-7-16)30-19-11-10-18(22-23-19)27-13-5-12-21-27/h5-13,25H,4H2,1-3H3. The maximum atomic E-state index is 12.9. The topological polar surface area (TPSA) is 117 Å². The molecule has 0 saturated carbocycles. The summed E-state index contributed by atoms with van der Waals surface area (Å²) in [6.07, 6.45) is 3.42. The van der Waals surface area contributed by atoms with Gasteiger partial charge in [0.15, 0.2) is 5.82 Å². The summed E-state index contributed by atoms with van der Waals surface area (Å²) in [6, 6.07) is 11.7. The molecule has 160 valence electrons. The number of nitrogens with one attached hydrogen (secondary N) is 1. The summed E-state index contributed by atoms with van der Waals surface area (Å²) in [4.78, 5) is 0.197. The van der Waals surface area contributed by atoms with E-state index in [1.165, 1.54) is 0 Å². The molecule has 1 aromatic carbocycles. The Kier molecular flexibility index (Phi) is 5.42. The predicted molar refractivity (Wildman–Crippen MR) is 114 cm³/mol. The van der Waals surface area contributed by atoms with Crippen LogP contribution in [0.4, 0.5) is 5.69 Å². The molecule has 3 aromatic heterocycles. The van der Waals surface area contributed by atoms with E-state index in [4.69, 9.17) is 4.74 Å². The first-order valence-corrected chi connectivity index (χ1v) is 11.0. The van der Waals surface area contributed by atoms with E-state index in [0.29, 0.717) is 41.1 Å². The van der Waals surface area contributed by atoms with E-state index in [2.05, 4.69) is 25.1 Å². The zero-order chi connectivity index (χ0) is 22.0. The van der Waals surface area contributed by atoms with E-state index in [1.54, 1.807) is 78.1 Å².